The summed E-state index contributed by atoms with van der Waals surface area (Å²) in [5.74, 6) is 0.956. The summed E-state index contributed by atoms with van der Waals surface area (Å²) in [5.41, 5.74) is 1.51. The highest BCUT2D eigenvalue weighted by Crippen LogP contribution is 2.27. The van der Waals surface area contributed by atoms with Crippen molar-refractivity contribution < 1.29 is 4.74 Å². The quantitative estimate of drug-likeness (QED) is 0.536. The molecule has 0 radical (unpaired) electrons. The maximum Gasteiger partial charge on any atom is 0.248 e. The molecule has 0 aliphatic carbocycles. The van der Waals surface area contributed by atoms with Gasteiger partial charge in [-0.25, -0.2) is 9.67 Å². The molecule has 0 atom stereocenters. The lowest BCUT2D eigenvalue weighted by Gasteiger charge is -2.12. The Labute approximate surface area is 176 Å². The molecular weight excluding hydrogens is 429 g/mol. The Morgan fingerprint density at radius 3 is 2.59 bits per heavy atom. The van der Waals surface area contributed by atoms with Crippen molar-refractivity contribution in [1.29, 1.82) is 0 Å². The van der Waals surface area contributed by atoms with E-state index >= 15 is 0 Å². The number of halogens is 3. The second-order valence-corrected chi connectivity index (χ2v) is 7.11. The third kappa shape index (κ3) is 5.23. The first-order valence-corrected chi connectivity index (χ1v) is 9.24. The fourth-order valence-electron chi connectivity index (χ4n) is 2.29. The zero-order valence-corrected chi connectivity index (χ0v) is 17.1. The molecule has 0 aliphatic rings. The highest BCUT2D eigenvalue weighted by atomic mass is 35.5. The van der Waals surface area contributed by atoms with E-state index in [-0.39, 0.29) is 0 Å². The number of benzene rings is 2. The van der Waals surface area contributed by atoms with Gasteiger partial charge in [-0.15, -0.1) is 5.10 Å². The molecule has 1 aromatic heterocycles. The predicted molar refractivity (Wildman–Crippen MR) is 113 cm³/mol. The van der Waals surface area contributed by atoms with Crippen LogP contribution in [0.5, 0.6) is 5.75 Å². The van der Waals surface area contributed by atoms with Crippen LogP contribution in [-0.2, 0) is 6.54 Å². The molecule has 0 fully saturated rings. The molecule has 0 saturated carbocycles. The van der Waals surface area contributed by atoms with Crippen LogP contribution in [0.4, 0.5) is 11.6 Å². The van der Waals surface area contributed by atoms with E-state index in [1.165, 1.54) is 0 Å². The van der Waals surface area contributed by atoms with Gasteiger partial charge < -0.3 is 10.1 Å². The minimum absolute atomic E-state index is 0.304. The lowest BCUT2D eigenvalue weighted by molar-refractivity contribution is 0.417. The molecule has 0 bridgehead atoms. The molecule has 1 heterocycles. The topological polar surface area (TPSA) is 64.0 Å². The summed E-state index contributed by atoms with van der Waals surface area (Å²) >= 11 is 23.4. The van der Waals surface area contributed by atoms with Gasteiger partial charge in [0.05, 0.1) is 19.3 Å². The van der Waals surface area contributed by atoms with Gasteiger partial charge in [-0.3, -0.25) is 5.32 Å². The van der Waals surface area contributed by atoms with Gasteiger partial charge in [0.1, 0.15) is 12.1 Å². The second kappa shape index (κ2) is 8.75. The van der Waals surface area contributed by atoms with Crippen LogP contribution in [0.3, 0.4) is 0 Å². The number of aromatic nitrogens is 3. The molecular formula is C17H14Cl3N5OS. The van der Waals surface area contributed by atoms with E-state index in [0.29, 0.717) is 44.1 Å². The third-order valence-electron chi connectivity index (χ3n) is 3.52. The molecule has 2 N–H and O–H groups in total. The molecule has 140 valence electrons. The number of thiocarbonyl (C=S) groups is 1. The first-order chi connectivity index (χ1) is 12.9. The zero-order chi connectivity index (χ0) is 19.4. The summed E-state index contributed by atoms with van der Waals surface area (Å²) in [6.45, 7) is 0.451. The number of nitrogens with one attached hydrogen (secondary N) is 2. The molecule has 3 aromatic rings. The van der Waals surface area contributed by atoms with Crippen LogP contribution in [0.2, 0.25) is 15.1 Å². The van der Waals surface area contributed by atoms with E-state index in [0.717, 1.165) is 5.56 Å². The van der Waals surface area contributed by atoms with Crippen LogP contribution in [0.1, 0.15) is 5.56 Å². The van der Waals surface area contributed by atoms with Crippen molar-refractivity contribution in [3.05, 3.63) is 63.4 Å². The molecule has 0 saturated heterocycles. The van der Waals surface area contributed by atoms with Crippen molar-refractivity contribution in [2.75, 3.05) is 17.7 Å². The maximum absolute atomic E-state index is 6.19. The van der Waals surface area contributed by atoms with E-state index in [2.05, 4.69) is 20.7 Å². The number of methoxy groups -OCH3 is 1. The zero-order valence-electron chi connectivity index (χ0n) is 14.0. The van der Waals surface area contributed by atoms with Gasteiger partial charge in [0.15, 0.2) is 5.11 Å². The van der Waals surface area contributed by atoms with E-state index in [1.807, 2.05) is 6.07 Å². The van der Waals surface area contributed by atoms with Gasteiger partial charge >= 0.3 is 0 Å². The Kier molecular flexibility index (Phi) is 6.38. The smallest absolute Gasteiger partial charge is 0.248 e. The van der Waals surface area contributed by atoms with Crippen LogP contribution >= 0.6 is 47.0 Å². The number of anilines is 2. The summed E-state index contributed by atoms with van der Waals surface area (Å²) in [5, 5.41) is 12.3. The molecule has 0 spiro atoms. The Balaban J connectivity index is 1.65. The first-order valence-electron chi connectivity index (χ1n) is 7.69. The summed E-state index contributed by atoms with van der Waals surface area (Å²) in [4.78, 5) is 4.19. The Bertz CT molecular complexity index is 979. The van der Waals surface area contributed by atoms with Crippen LogP contribution in [-0.4, -0.2) is 27.0 Å². The minimum atomic E-state index is 0.304. The van der Waals surface area contributed by atoms with Crippen LogP contribution < -0.4 is 15.4 Å². The number of hydrogen-bond donors (Lipinski definition) is 2. The Morgan fingerprint density at radius 2 is 1.85 bits per heavy atom. The monoisotopic (exact) mass is 441 g/mol. The van der Waals surface area contributed by atoms with Gasteiger partial charge in [0.25, 0.3) is 0 Å². The van der Waals surface area contributed by atoms with Crippen LogP contribution in [0.15, 0.2) is 42.7 Å². The number of ether oxygens (including phenoxy) is 1. The van der Waals surface area contributed by atoms with Crippen molar-refractivity contribution in [1.82, 2.24) is 14.8 Å². The highest BCUT2D eigenvalue weighted by Gasteiger charge is 2.09. The number of nitrogens with zero attached hydrogens (tertiary/aromatic N) is 3. The van der Waals surface area contributed by atoms with Crippen LogP contribution in [0, 0.1) is 0 Å². The van der Waals surface area contributed by atoms with Gasteiger partial charge in [0, 0.05) is 15.1 Å². The van der Waals surface area contributed by atoms with Crippen molar-refractivity contribution in [2.45, 2.75) is 6.54 Å². The normalized spacial score (nSPS) is 10.5. The van der Waals surface area contributed by atoms with Crippen molar-refractivity contribution in [2.24, 2.45) is 0 Å². The fourth-order valence-corrected chi connectivity index (χ4v) is 3.13. The lowest BCUT2D eigenvalue weighted by atomic mass is 10.2. The average Bonchev–Trinajstić information content (AvgIpc) is 3.04. The van der Waals surface area contributed by atoms with Crippen LogP contribution in [0.25, 0.3) is 0 Å². The average molecular weight is 443 g/mol. The summed E-state index contributed by atoms with van der Waals surface area (Å²) in [7, 11) is 1.57. The van der Waals surface area contributed by atoms with Gasteiger partial charge in [-0.2, -0.15) is 0 Å². The molecule has 0 aliphatic heterocycles. The standard InChI is InChI=1S/C17H14Cl3N5OS/c1-26-15-5-4-12(19)7-14(15)22-17(27)23-16-21-9-25(24-16)8-10-2-3-11(18)6-13(10)20/h2-7,9H,8H2,1H3,(H2,22,23,24,27). The van der Waals surface area contributed by atoms with E-state index < -0.39 is 0 Å². The van der Waals surface area contributed by atoms with Gasteiger partial charge in [0.2, 0.25) is 5.95 Å². The van der Waals surface area contributed by atoms with E-state index in [9.17, 15) is 0 Å². The van der Waals surface area contributed by atoms with Gasteiger partial charge in [-0.1, -0.05) is 40.9 Å². The summed E-state index contributed by atoms with van der Waals surface area (Å²) in [6.07, 6.45) is 1.58. The van der Waals surface area contributed by atoms with Crippen molar-refractivity contribution in [3.8, 4) is 5.75 Å². The molecule has 10 heteroatoms. The maximum atomic E-state index is 6.19. The first kappa shape index (κ1) is 19.7. The molecule has 0 unspecified atom stereocenters. The predicted octanol–water partition coefficient (Wildman–Crippen LogP) is 5.10. The molecule has 27 heavy (non-hydrogen) atoms. The largest absolute Gasteiger partial charge is 0.495 e. The molecule has 3 rings (SSSR count). The van der Waals surface area contributed by atoms with Crippen molar-refractivity contribution >= 4 is 63.8 Å². The highest BCUT2D eigenvalue weighted by molar-refractivity contribution is 7.80. The van der Waals surface area contributed by atoms with E-state index in [1.54, 1.807) is 48.5 Å². The van der Waals surface area contributed by atoms with Gasteiger partial charge in [-0.05, 0) is 48.1 Å². The molecule has 2 aromatic carbocycles. The molecule has 0 amide bonds. The molecule has 6 nitrogen and oxygen atoms in total. The van der Waals surface area contributed by atoms with E-state index in [4.69, 9.17) is 51.8 Å². The Hall–Kier alpha value is -2.06. The summed E-state index contributed by atoms with van der Waals surface area (Å²) in [6, 6.07) is 10.5. The summed E-state index contributed by atoms with van der Waals surface area (Å²) < 4.78 is 6.91. The minimum Gasteiger partial charge on any atom is -0.495 e. The SMILES string of the molecule is COc1ccc(Cl)cc1NC(=S)Nc1ncn(Cc2ccc(Cl)cc2Cl)n1. The third-order valence-corrected chi connectivity index (χ3v) is 4.55. The van der Waals surface area contributed by atoms with Crippen molar-refractivity contribution in [3.63, 3.8) is 0 Å². The second-order valence-electron chi connectivity index (χ2n) is 5.43. The number of rotatable bonds is 5. The number of hydrogen-bond acceptors (Lipinski definition) is 4. The lowest BCUT2D eigenvalue weighted by Crippen LogP contribution is -2.20. The fraction of sp³-hybridized carbons (Fsp3) is 0.118. The Morgan fingerprint density at radius 1 is 1.11 bits per heavy atom.